The van der Waals surface area contributed by atoms with Crippen LogP contribution in [0.2, 0.25) is 0 Å². The van der Waals surface area contributed by atoms with Gasteiger partial charge >= 0.3 is 0 Å². The highest BCUT2D eigenvalue weighted by atomic mass is 16.2. The summed E-state index contributed by atoms with van der Waals surface area (Å²) in [7, 11) is 0. The zero-order valence-corrected chi connectivity index (χ0v) is 17.1. The molecule has 2 aromatic rings. The van der Waals surface area contributed by atoms with Crippen LogP contribution in [0.4, 0.5) is 0 Å². The van der Waals surface area contributed by atoms with Gasteiger partial charge in [-0.15, -0.1) is 5.92 Å². The molecule has 0 saturated heterocycles. The first-order chi connectivity index (χ1) is 12.9. The highest BCUT2D eigenvalue weighted by Gasteiger charge is 2.30. The molecule has 1 aromatic heterocycles. The van der Waals surface area contributed by atoms with E-state index in [1.807, 2.05) is 20.8 Å². The molecule has 0 saturated carbocycles. The van der Waals surface area contributed by atoms with Gasteiger partial charge in [-0.25, -0.2) is 0 Å². The molecule has 2 heterocycles. The molecule has 1 aliphatic heterocycles. The van der Waals surface area contributed by atoms with Crippen LogP contribution in [-0.4, -0.2) is 22.6 Å². The van der Waals surface area contributed by atoms with Crippen molar-refractivity contribution in [2.75, 3.05) is 0 Å². The van der Waals surface area contributed by atoms with Crippen molar-refractivity contribution in [2.24, 2.45) is 5.92 Å². The quantitative estimate of drug-likeness (QED) is 0.792. The lowest BCUT2D eigenvalue weighted by atomic mass is 9.94. The van der Waals surface area contributed by atoms with Crippen LogP contribution in [0, 0.1) is 17.8 Å². The van der Waals surface area contributed by atoms with Crippen molar-refractivity contribution >= 4 is 16.8 Å². The molecule has 0 aliphatic carbocycles. The monoisotopic (exact) mass is 365 g/mol. The number of hydrogen-bond donors (Lipinski definition) is 2. The molecular formula is C23H31N3O. The Hall–Kier alpha value is -2.25. The molecule has 2 unspecified atom stereocenters. The van der Waals surface area contributed by atoms with Crippen molar-refractivity contribution in [3.8, 4) is 11.8 Å². The van der Waals surface area contributed by atoms with Gasteiger partial charge in [0.2, 0.25) is 5.91 Å². The highest BCUT2D eigenvalue weighted by molar-refractivity contribution is 5.90. The van der Waals surface area contributed by atoms with Crippen molar-refractivity contribution in [1.29, 1.82) is 0 Å². The second kappa shape index (κ2) is 8.19. The molecule has 4 heteroatoms. The van der Waals surface area contributed by atoms with Gasteiger partial charge in [-0.05, 0) is 56.7 Å². The van der Waals surface area contributed by atoms with Crippen LogP contribution >= 0.6 is 0 Å². The predicted octanol–water partition coefficient (Wildman–Crippen LogP) is 3.79. The number of hydrogen-bond acceptors (Lipinski definition) is 2. The molecule has 0 radical (unpaired) electrons. The van der Waals surface area contributed by atoms with Crippen molar-refractivity contribution in [1.82, 2.24) is 15.2 Å². The normalized spacial score (nSPS) is 19.1. The summed E-state index contributed by atoms with van der Waals surface area (Å²) in [5.41, 5.74) is 3.76. The zero-order valence-electron chi connectivity index (χ0n) is 17.1. The summed E-state index contributed by atoms with van der Waals surface area (Å²) < 4.78 is 2.22. The molecule has 0 bridgehead atoms. The summed E-state index contributed by atoms with van der Waals surface area (Å²) in [6, 6.07) is 6.59. The predicted molar refractivity (Wildman–Crippen MR) is 111 cm³/mol. The van der Waals surface area contributed by atoms with E-state index < -0.39 is 0 Å². The lowest BCUT2D eigenvalue weighted by molar-refractivity contribution is -0.123. The van der Waals surface area contributed by atoms with E-state index in [2.05, 4.69) is 65.3 Å². The molecule has 144 valence electrons. The lowest BCUT2D eigenvalue weighted by Gasteiger charge is -2.25. The van der Waals surface area contributed by atoms with Crippen LogP contribution < -0.4 is 10.6 Å². The molecule has 1 aromatic carbocycles. The number of aromatic nitrogens is 1. The second-order valence-electron chi connectivity index (χ2n) is 8.22. The molecule has 0 spiro atoms. The topological polar surface area (TPSA) is 46.1 Å². The number of benzene rings is 1. The third-order valence-electron chi connectivity index (χ3n) is 5.10. The van der Waals surface area contributed by atoms with E-state index in [9.17, 15) is 4.79 Å². The summed E-state index contributed by atoms with van der Waals surface area (Å²) in [5.74, 6) is 6.78. The number of nitrogens with zero attached hydrogens (tertiary/aromatic N) is 1. The minimum atomic E-state index is -0.222. The van der Waals surface area contributed by atoms with E-state index >= 15 is 0 Å². The van der Waals surface area contributed by atoms with Crippen molar-refractivity contribution < 1.29 is 4.79 Å². The van der Waals surface area contributed by atoms with Gasteiger partial charge in [-0.3, -0.25) is 10.1 Å². The fraction of sp³-hybridized carbons (Fsp3) is 0.522. The SMILES string of the molecule is CC#CCn1cc2c3c(cccc31)C(CC(C)C)NC(C(=O)NC(C)C)C2. The van der Waals surface area contributed by atoms with E-state index in [1.165, 1.54) is 22.0 Å². The molecule has 1 amide bonds. The minimum absolute atomic E-state index is 0.0841. The molecule has 2 atom stereocenters. The Bertz CT molecular complexity index is 882. The fourth-order valence-electron chi connectivity index (χ4n) is 4.04. The molecule has 27 heavy (non-hydrogen) atoms. The molecule has 3 rings (SSSR count). The summed E-state index contributed by atoms with van der Waals surface area (Å²) in [6.45, 7) is 11.0. The largest absolute Gasteiger partial charge is 0.353 e. The van der Waals surface area contributed by atoms with Gasteiger partial charge in [-0.2, -0.15) is 0 Å². The van der Waals surface area contributed by atoms with Crippen LogP contribution in [0.5, 0.6) is 0 Å². The Balaban J connectivity index is 2.09. The number of amides is 1. The zero-order chi connectivity index (χ0) is 19.6. The van der Waals surface area contributed by atoms with Crippen LogP contribution in [0.3, 0.4) is 0 Å². The third-order valence-corrected chi connectivity index (χ3v) is 5.10. The first-order valence-corrected chi connectivity index (χ1v) is 9.97. The average molecular weight is 366 g/mol. The van der Waals surface area contributed by atoms with E-state index in [1.54, 1.807) is 0 Å². The maximum absolute atomic E-state index is 12.8. The fourth-order valence-corrected chi connectivity index (χ4v) is 4.04. The van der Waals surface area contributed by atoms with Crippen LogP contribution in [0.15, 0.2) is 24.4 Å². The Morgan fingerprint density at radius 3 is 2.78 bits per heavy atom. The molecule has 1 aliphatic rings. The van der Waals surface area contributed by atoms with Crippen molar-refractivity contribution in [3.63, 3.8) is 0 Å². The Morgan fingerprint density at radius 2 is 2.11 bits per heavy atom. The maximum Gasteiger partial charge on any atom is 0.237 e. The molecule has 2 N–H and O–H groups in total. The molecular weight excluding hydrogens is 334 g/mol. The second-order valence-corrected chi connectivity index (χ2v) is 8.22. The van der Waals surface area contributed by atoms with Crippen molar-refractivity contribution in [3.05, 3.63) is 35.5 Å². The Morgan fingerprint density at radius 1 is 1.33 bits per heavy atom. The number of rotatable bonds is 5. The Kier molecular flexibility index (Phi) is 5.92. The van der Waals surface area contributed by atoms with E-state index in [0.29, 0.717) is 18.9 Å². The van der Waals surface area contributed by atoms with Gasteiger partial charge in [0.25, 0.3) is 0 Å². The standard InChI is InChI=1S/C23H31N3O/c1-6-7-11-26-14-17-13-20(23(27)24-16(4)5)25-19(12-15(2)3)18-9-8-10-21(26)22(17)18/h8-10,14-16,19-20,25H,11-13H2,1-5H3,(H,24,27). The highest BCUT2D eigenvalue weighted by Crippen LogP contribution is 2.35. The van der Waals surface area contributed by atoms with Gasteiger partial charge in [0.15, 0.2) is 0 Å². The van der Waals surface area contributed by atoms with Gasteiger partial charge in [0.1, 0.15) is 0 Å². The summed E-state index contributed by atoms with van der Waals surface area (Å²) in [4.78, 5) is 12.8. The molecule has 4 nitrogen and oxygen atoms in total. The van der Waals surface area contributed by atoms with E-state index in [4.69, 9.17) is 0 Å². The van der Waals surface area contributed by atoms with Crippen LogP contribution in [0.1, 0.15) is 58.2 Å². The summed E-state index contributed by atoms with van der Waals surface area (Å²) >= 11 is 0. The average Bonchev–Trinajstić information content (AvgIpc) is 2.87. The number of nitrogens with one attached hydrogen (secondary N) is 2. The summed E-state index contributed by atoms with van der Waals surface area (Å²) in [6.07, 6.45) is 3.89. The smallest absolute Gasteiger partial charge is 0.237 e. The van der Waals surface area contributed by atoms with Gasteiger partial charge in [0.05, 0.1) is 12.6 Å². The third kappa shape index (κ3) is 4.20. The Labute approximate surface area is 162 Å². The minimum Gasteiger partial charge on any atom is -0.353 e. The van der Waals surface area contributed by atoms with Crippen LogP contribution in [0.25, 0.3) is 10.9 Å². The summed E-state index contributed by atoms with van der Waals surface area (Å²) in [5, 5.41) is 8.04. The molecule has 0 fully saturated rings. The number of carbonyl (C=O) groups excluding carboxylic acids is 1. The van der Waals surface area contributed by atoms with Gasteiger partial charge in [0, 0.05) is 29.2 Å². The maximum atomic E-state index is 12.8. The number of carbonyl (C=O) groups is 1. The van der Waals surface area contributed by atoms with Gasteiger partial charge < -0.3 is 9.88 Å². The van der Waals surface area contributed by atoms with E-state index in [0.717, 1.165) is 6.42 Å². The first-order valence-electron chi connectivity index (χ1n) is 9.97. The lowest BCUT2D eigenvalue weighted by Crippen LogP contribution is -2.48. The van der Waals surface area contributed by atoms with E-state index in [-0.39, 0.29) is 24.0 Å². The van der Waals surface area contributed by atoms with Crippen LogP contribution in [-0.2, 0) is 17.8 Å². The van der Waals surface area contributed by atoms with Crippen molar-refractivity contribution in [2.45, 2.75) is 72.1 Å². The van der Waals surface area contributed by atoms with Gasteiger partial charge in [-0.1, -0.05) is 31.9 Å². The first kappa shape index (κ1) is 19.5.